The summed E-state index contributed by atoms with van der Waals surface area (Å²) in [6, 6.07) is 15.6. The van der Waals surface area contributed by atoms with E-state index in [-0.39, 0.29) is 18.4 Å². The molecule has 0 radical (unpaired) electrons. The lowest BCUT2D eigenvalue weighted by atomic mass is 10.2. The van der Waals surface area contributed by atoms with Crippen LogP contribution in [0.5, 0.6) is 0 Å². The fourth-order valence-corrected chi connectivity index (χ4v) is 3.36. The van der Waals surface area contributed by atoms with Crippen LogP contribution in [0.4, 0.5) is 11.4 Å². The maximum atomic E-state index is 12.1. The number of carbonyl (C=O) groups excluding carboxylic acids is 2. The first-order chi connectivity index (χ1) is 15.3. The van der Waals surface area contributed by atoms with Gasteiger partial charge in [0.05, 0.1) is 6.26 Å². The van der Waals surface area contributed by atoms with Crippen molar-refractivity contribution in [2.75, 3.05) is 16.3 Å². The summed E-state index contributed by atoms with van der Waals surface area (Å²) in [4.78, 5) is 24.2. The molecule has 3 aromatic rings. The molecule has 3 rings (SSSR count). The molecule has 9 nitrogen and oxygen atoms in total. The minimum Gasteiger partial charge on any atom is -0.348 e. The van der Waals surface area contributed by atoms with Gasteiger partial charge in [-0.05, 0) is 47.5 Å². The maximum Gasteiger partial charge on any atom is 0.246 e. The zero-order valence-corrected chi connectivity index (χ0v) is 18.2. The predicted octanol–water partition coefficient (Wildman–Crippen LogP) is 2.22. The highest BCUT2D eigenvalue weighted by Crippen LogP contribution is 2.13. The Hall–Kier alpha value is -3.92. The van der Waals surface area contributed by atoms with E-state index in [2.05, 4.69) is 20.5 Å². The van der Waals surface area contributed by atoms with E-state index in [1.165, 1.54) is 10.8 Å². The van der Waals surface area contributed by atoms with Crippen LogP contribution in [0.3, 0.4) is 0 Å². The number of nitrogens with zero attached hydrogens (tertiary/aromatic N) is 2. The fraction of sp³-hybridized carbons (Fsp3) is 0.136. The molecule has 0 fully saturated rings. The zero-order chi connectivity index (χ0) is 23.0. The third-order valence-corrected chi connectivity index (χ3v) is 4.79. The van der Waals surface area contributed by atoms with Gasteiger partial charge >= 0.3 is 0 Å². The molecule has 0 saturated heterocycles. The van der Waals surface area contributed by atoms with Crippen molar-refractivity contribution in [1.29, 1.82) is 0 Å². The Kier molecular flexibility index (Phi) is 7.40. The Morgan fingerprint density at radius 1 is 1.06 bits per heavy atom. The largest absolute Gasteiger partial charge is 0.348 e. The molecule has 0 spiro atoms. The Bertz CT molecular complexity index is 1200. The minimum absolute atomic E-state index is 0.115. The van der Waals surface area contributed by atoms with Gasteiger partial charge in [-0.1, -0.05) is 24.3 Å². The molecule has 2 aromatic carbocycles. The van der Waals surface area contributed by atoms with Crippen LogP contribution in [0.1, 0.15) is 11.1 Å². The third kappa shape index (κ3) is 7.73. The number of aromatic nitrogens is 2. The topological polar surface area (TPSA) is 122 Å². The van der Waals surface area contributed by atoms with Gasteiger partial charge in [0.15, 0.2) is 0 Å². The summed E-state index contributed by atoms with van der Waals surface area (Å²) in [5.41, 5.74) is 2.67. The SMILES string of the molecule is CS(=O)(=O)Nc1ccc(C=CC(=O)NCc2cccc(NC(=O)Cn3cccn3)c2)cc1. The number of benzene rings is 2. The van der Waals surface area contributed by atoms with E-state index in [0.29, 0.717) is 17.9 Å². The molecule has 0 aliphatic heterocycles. The van der Waals surface area contributed by atoms with Gasteiger partial charge in [0.25, 0.3) is 0 Å². The lowest BCUT2D eigenvalue weighted by Crippen LogP contribution is -2.21. The number of nitrogens with one attached hydrogen (secondary N) is 3. The summed E-state index contributed by atoms with van der Waals surface area (Å²) in [7, 11) is -3.33. The first kappa shape index (κ1) is 22.8. The van der Waals surface area contributed by atoms with Crippen molar-refractivity contribution in [2.45, 2.75) is 13.1 Å². The number of carbonyl (C=O) groups is 2. The standard InChI is InChI=1S/C22H23N5O4S/c1-32(30,31)26-19-9-6-17(7-10-19)8-11-21(28)23-15-18-4-2-5-20(14-18)25-22(29)16-27-13-3-12-24-27/h2-14,26H,15-16H2,1H3,(H,23,28)(H,25,29). The normalized spacial score (nSPS) is 11.3. The van der Waals surface area contributed by atoms with E-state index in [4.69, 9.17) is 0 Å². The number of rotatable bonds is 9. The quantitative estimate of drug-likeness (QED) is 0.429. The van der Waals surface area contributed by atoms with Crippen molar-refractivity contribution in [3.63, 3.8) is 0 Å². The van der Waals surface area contributed by atoms with Gasteiger partial charge in [-0.25, -0.2) is 8.42 Å². The average Bonchev–Trinajstić information content (AvgIpc) is 3.24. The average molecular weight is 454 g/mol. The van der Waals surface area contributed by atoms with E-state index in [0.717, 1.165) is 17.4 Å². The zero-order valence-electron chi connectivity index (χ0n) is 17.4. The van der Waals surface area contributed by atoms with Crippen molar-refractivity contribution in [3.05, 3.63) is 84.2 Å². The Morgan fingerprint density at radius 3 is 2.53 bits per heavy atom. The number of hydrogen-bond donors (Lipinski definition) is 3. The second-order valence-electron chi connectivity index (χ2n) is 7.00. The Balaban J connectivity index is 1.49. The second kappa shape index (κ2) is 10.4. The summed E-state index contributed by atoms with van der Waals surface area (Å²) < 4.78 is 26.4. The molecule has 1 heterocycles. The van der Waals surface area contributed by atoms with Gasteiger partial charge < -0.3 is 10.6 Å². The molecular formula is C22H23N5O4S. The number of anilines is 2. The fourth-order valence-electron chi connectivity index (χ4n) is 2.80. The van der Waals surface area contributed by atoms with Crippen molar-refractivity contribution in [1.82, 2.24) is 15.1 Å². The molecule has 2 amide bonds. The summed E-state index contributed by atoms with van der Waals surface area (Å²) >= 11 is 0. The Morgan fingerprint density at radius 2 is 1.84 bits per heavy atom. The molecule has 0 atom stereocenters. The van der Waals surface area contributed by atoms with Crippen molar-refractivity contribution in [3.8, 4) is 0 Å². The molecule has 0 aliphatic carbocycles. The summed E-state index contributed by atoms with van der Waals surface area (Å²) in [5, 5.41) is 9.59. The van der Waals surface area contributed by atoms with Crippen molar-refractivity contribution < 1.29 is 18.0 Å². The molecule has 0 aliphatic rings. The van der Waals surface area contributed by atoms with Crippen LogP contribution in [0, 0.1) is 0 Å². The minimum atomic E-state index is -3.33. The van der Waals surface area contributed by atoms with E-state index < -0.39 is 10.0 Å². The monoisotopic (exact) mass is 453 g/mol. The predicted molar refractivity (Wildman–Crippen MR) is 123 cm³/mol. The molecule has 0 unspecified atom stereocenters. The second-order valence-corrected chi connectivity index (χ2v) is 8.75. The van der Waals surface area contributed by atoms with Crippen LogP contribution in [-0.4, -0.2) is 36.3 Å². The number of hydrogen-bond acceptors (Lipinski definition) is 5. The number of amides is 2. The van der Waals surface area contributed by atoms with Crippen molar-refractivity contribution in [2.24, 2.45) is 0 Å². The molecule has 1 aromatic heterocycles. The lowest BCUT2D eigenvalue weighted by molar-refractivity contribution is -0.117. The van der Waals surface area contributed by atoms with Crippen LogP contribution >= 0.6 is 0 Å². The molecule has 0 bridgehead atoms. The first-order valence-electron chi connectivity index (χ1n) is 9.67. The van der Waals surface area contributed by atoms with E-state index in [1.807, 2.05) is 6.07 Å². The van der Waals surface area contributed by atoms with Gasteiger partial charge in [-0.15, -0.1) is 0 Å². The van der Waals surface area contributed by atoms with Crippen LogP contribution in [0.15, 0.2) is 73.1 Å². The molecule has 166 valence electrons. The van der Waals surface area contributed by atoms with Crippen LogP contribution in [0.2, 0.25) is 0 Å². The lowest BCUT2D eigenvalue weighted by Gasteiger charge is -2.08. The highest BCUT2D eigenvalue weighted by molar-refractivity contribution is 7.92. The molecule has 10 heteroatoms. The van der Waals surface area contributed by atoms with E-state index in [9.17, 15) is 18.0 Å². The number of sulfonamides is 1. The van der Waals surface area contributed by atoms with Crippen LogP contribution in [-0.2, 0) is 32.7 Å². The molecular weight excluding hydrogens is 430 g/mol. The van der Waals surface area contributed by atoms with Crippen molar-refractivity contribution >= 4 is 39.3 Å². The smallest absolute Gasteiger partial charge is 0.246 e. The van der Waals surface area contributed by atoms with Gasteiger partial charge in [-0.3, -0.25) is 19.0 Å². The third-order valence-electron chi connectivity index (χ3n) is 4.18. The molecule has 0 saturated carbocycles. The van der Waals surface area contributed by atoms with Crippen LogP contribution in [0.25, 0.3) is 6.08 Å². The van der Waals surface area contributed by atoms with Gasteiger partial charge in [0.2, 0.25) is 21.8 Å². The molecule has 3 N–H and O–H groups in total. The first-order valence-corrected chi connectivity index (χ1v) is 11.6. The highest BCUT2D eigenvalue weighted by atomic mass is 32.2. The molecule has 32 heavy (non-hydrogen) atoms. The van der Waals surface area contributed by atoms with Gasteiger partial charge in [-0.2, -0.15) is 5.10 Å². The summed E-state index contributed by atoms with van der Waals surface area (Å²) in [5.74, 6) is -0.480. The van der Waals surface area contributed by atoms with Gasteiger partial charge in [0, 0.05) is 36.4 Å². The van der Waals surface area contributed by atoms with Gasteiger partial charge in [0.1, 0.15) is 6.54 Å². The highest BCUT2D eigenvalue weighted by Gasteiger charge is 2.05. The summed E-state index contributed by atoms with van der Waals surface area (Å²) in [6.45, 7) is 0.410. The van der Waals surface area contributed by atoms with Crippen LogP contribution < -0.4 is 15.4 Å². The van der Waals surface area contributed by atoms with E-state index in [1.54, 1.807) is 67.0 Å². The Labute approximate surface area is 186 Å². The summed E-state index contributed by atoms with van der Waals surface area (Å²) in [6.07, 6.45) is 7.42. The van der Waals surface area contributed by atoms with E-state index >= 15 is 0 Å². The maximum absolute atomic E-state index is 12.1.